The van der Waals surface area contributed by atoms with Gasteiger partial charge in [-0.15, -0.1) is 0 Å². The number of carbonyl (C=O) groups excluding carboxylic acids is 1. The fraction of sp³-hybridized carbons (Fsp3) is 0.0833. The number of benzene rings is 1. The average Bonchev–Trinajstić information content (AvgIpc) is 2.81. The van der Waals surface area contributed by atoms with E-state index in [1.165, 1.54) is 18.5 Å². The molecule has 0 bridgehead atoms. The van der Waals surface area contributed by atoms with Gasteiger partial charge >= 0.3 is 12.0 Å². The first kappa shape index (κ1) is 12.6. The van der Waals surface area contributed by atoms with Crippen LogP contribution in [0.2, 0.25) is 0 Å². The van der Waals surface area contributed by atoms with Crippen molar-refractivity contribution in [3.63, 3.8) is 0 Å². The number of carbonyl (C=O) groups is 2. The third-order valence-corrected chi connectivity index (χ3v) is 2.49. The summed E-state index contributed by atoms with van der Waals surface area (Å²) in [4.78, 5) is 22.9. The van der Waals surface area contributed by atoms with Gasteiger partial charge in [0, 0.05) is 6.20 Å². The largest absolute Gasteiger partial charge is 0.478 e. The third kappa shape index (κ3) is 2.89. The highest BCUT2D eigenvalue weighted by molar-refractivity contribution is 6.05. The van der Waals surface area contributed by atoms with Crippen LogP contribution in [0.4, 0.5) is 16.2 Å². The monoisotopic (exact) mass is 260 g/mol. The van der Waals surface area contributed by atoms with Crippen molar-refractivity contribution in [1.82, 2.24) is 10.2 Å². The molecule has 1 aromatic carbocycles. The molecule has 4 N–H and O–H groups in total. The molecule has 0 fully saturated rings. The predicted octanol–water partition coefficient (Wildman–Crippen LogP) is 2.06. The number of carboxylic acids is 1. The van der Waals surface area contributed by atoms with Gasteiger partial charge in [-0.05, 0) is 18.6 Å². The zero-order valence-corrected chi connectivity index (χ0v) is 10.1. The number of aromatic carboxylic acids is 1. The lowest BCUT2D eigenvalue weighted by molar-refractivity contribution is 0.0697. The number of hydrogen-bond acceptors (Lipinski definition) is 3. The molecule has 0 unspecified atom stereocenters. The Bertz CT molecular complexity index is 607. The van der Waals surface area contributed by atoms with Crippen LogP contribution in [0.1, 0.15) is 15.9 Å². The fourth-order valence-electron chi connectivity index (χ4n) is 1.66. The summed E-state index contributed by atoms with van der Waals surface area (Å²) < 4.78 is 0. The van der Waals surface area contributed by atoms with Gasteiger partial charge in [-0.1, -0.05) is 12.1 Å². The molecule has 0 aliphatic rings. The molecule has 0 atom stereocenters. The van der Waals surface area contributed by atoms with E-state index < -0.39 is 12.0 Å². The van der Waals surface area contributed by atoms with Crippen LogP contribution in [0.25, 0.3) is 0 Å². The Hall–Kier alpha value is -2.83. The van der Waals surface area contributed by atoms with E-state index in [-0.39, 0.29) is 11.3 Å². The van der Waals surface area contributed by atoms with Crippen LogP contribution in [0.5, 0.6) is 0 Å². The minimum atomic E-state index is -1.09. The van der Waals surface area contributed by atoms with Gasteiger partial charge in [0.15, 0.2) is 0 Å². The summed E-state index contributed by atoms with van der Waals surface area (Å²) in [6.07, 6.45) is 2.95. The fourth-order valence-corrected chi connectivity index (χ4v) is 1.66. The highest BCUT2D eigenvalue weighted by Gasteiger charge is 2.14. The van der Waals surface area contributed by atoms with Crippen molar-refractivity contribution in [2.75, 3.05) is 10.6 Å². The maximum absolute atomic E-state index is 11.7. The molecule has 1 aromatic heterocycles. The van der Waals surface area contributed by atoms with Crippen LogP contribution >= 0.6 is 0 Å². The van der Waals surface area contributed by atoms with E-state index in [4.69, 9.17) is 5.11 Å². The topological polar surface area (TPSA) is 107 Å². The minimum absolute atomic E-state index is 0.0739. The van der Waals surface area contributed by atoms with Gasteiger partial charge in [0.2, 0.25) is 0 Å². The first-order valence-electron chi connectivity index (χ1n) is 5.47. The van der Waals surface area contributed by atoms with E-state index >= 15 is 0 Å². The molecule has 19 heavy (non-hydrogen) atoms. The quantitative estimate of drug-likeness (QED) is 0.677. The van der Waals surface area contributed by atoms with Crippen LogP contribution in [-0.2, 0) is 0 Å². The number of H-pyrrole nitrogens is 1. The summed E-state index contributed by atoms with van der Waals surface area (Å²) in [7, 11) is 0. The number of aryl methyl sites for hydroxylation is 1. The number of urea groups is 1. The summed E-state index contributed by atoms with van der Waals surface area (Å²) in [6.45, 7) is 1.67. The summed E-state index contributed by atoms with van der Waals surface area (Å²) in [5.41, 5.74) is 1.38. The van der Waals surface area contributed by atoms with Crippen molar-refractivity contribution in [3.8, 4) is 0 Å². The van der Waals surface area contributed by atoms with Gasteiger partial charge in [-0.3, -0.25) is 5.10 Å². The number of aromatic amines is 1. The number of rotatable bonds is 3. The van der Waals surface area contributed by atoms with Gasteiger partial charge < -0.3 is 15.7 Å². The maximum atomic E-state index is 11.7. The Balaban J connectivity index is 2.17. The predicted molar refractivity (Wildman–Crippen MR) is 69.4 cm³/mol. The van der Waals surface area contributed by atoms with E-state index in [0.717, 1.165) is 0 Å². The number of nitrogens with one attached hydrogen (secondary N) is 3. The lowest BCUT2D eigenvalue weighted by Crippen LogP contribution is -2.21. The van der Waals surface area contributed by atoms with E-state index in [9.17, 15) is 9.59 Å². The first-order valence-corrected chi connectivity index (χ1v) is 5.47. The molecular formula is C12H12N4O3. The van der Waals surface area contributed by atoms with E-state index in [1.807, 2.05) is 0 Å². The smallest absolute Gasteiger partial charge is 0.338 e. The molecule has 1 heterocycles. The SMILES string of the molecule is Cc1cccc(NC(=O)Nc2cn[nH]c2)c1C(=O)O. The maximum Gasteiger partial charge on any atom is 0.338 e. The summed E-state index contributed by atoms with van der Waals surface area (Å²) in [5, 5.41) is 20.4. The van der Waals surface area contributed by atoms with Crippen molar-refractivity contribution < 1.29 is 14.7 Å². The zero-order valence-electron chi connectivity index (χ0n) is 10.1. The Morgan fingerprint density at radius 2 is 2.11 bits per heavy atom. The van der Waals surface area contributed by atoms with Crippen molar-refractivity contribution in [3.05, 3.63) is 41.7 Å². The van der Waals surface area contributed by atoms with Crippen LogP contribution in [0.3, 0.4) is 0 Å². The Kier molecular flexibility index (Phi) is 3.46. The van der Waals surface area contributed by atoms with Crippen molar-refractivity contribution in [1.29, 1.82) is 0 Å². The first-order chi connectivity index (χ1) is 9.08. The number of hydrogen-bond donors (Lipinski definition) is 4. The Morgan fingerprint density at radius 3 is 2.74 bits per heavy atom. The molecular weight excluding hydrogens is 248 g/mol. The summed E-state index contributed by atoms with van der Waals surface area (Å²) in [5.74, 6) is -1.09. The van der Waals surface area contributed by atoms with Crippen molar-refractivity contribution in [2.24, 2.45) is 0 Å². The van der Waals surface area contributed by atoms with E-state index in [1.54, 1.807) is 19.1 Å². The molecule has 2 amide bonds. The molecule has 0 radical (unpaired) electrons. The van der Waals surface area contributed by atoms with Gasteiger partial charge in [0.25, 0.3) is 0 Å². The summed E-state index contributed by atoms with van der Waals surface area (Å²) >= 11 is 0. The molecule has 7 nitrogen and oxygen atoms in total. The molecule has 0 aliphatic carbocycles. The molecule has 0 aliphatic heterocycles. The normalized spacial score (nSPS) is 9.95. The number of carboxylic acid groups (broad SMARTS) is 1. The number of aromatic nitrogens is 2. The number of nitrogens with zero attached hydrogens (tertiary/aromatic N) is 1. The molecule has 0 spiro atoms. The molecule has 7 heteroatoms. The lowest BCUT2D eigenvalue weighted by atomic mass is 10.1. The Labute approximate surface area is 108 Å². The van der Waals surface area contributed by atoms with Gasteiger partial charge in [-0.2, -0.15) is 5.10 Å². The van der Waals surface area contributed by atoms with Crippen LogP contribution in [-0.4, -0.2) is 27.3 Å². The number of anilines is 2. The van der Waals surface area contributed by atoms with Crippen LogP contribution in [0.15, 0.2) is 30.6 Å². The Morgan fingerprint density at radius 1 is 1.32 bits per heavy atom. The van der Waals surface area contributed by atoms with Crippen LogP contribution in [0, 0.1) is 6.92 Å². The van der Waals surface area contributed by atoms with Crippen molar-refractivity contribution >= 4 is 23.4 Å². The minimum Gasteiger partial charge on any atom is -0.478 e. The molecule has 2 rings (SSSR count). The average molecular weight is 260 g/mol. The van der Waals surface area contributed by atoms with Gasteiger partial charge in [0.1, 0.15) is 0 Å². The second kappa shape index (κ2) is 5.21. The van der Waals surface area contributed by atoms with Gasteiger partial charge in [-0.25, -0.2) is 9.59 Å². The molecule has 0 saturated heterocycles. The molecule has 0 saturated carbocycles. The lowest BCUT2D eigenvalue weighted by Gasteiger charge is -2.10. The van der Waals surface area contributed by atoms with Crippen LogP contribution < -0.4 is 10.6 Å². The second-order valence-corrected chi connectivity index (χ2v) is 3.87. The van der Waals surface area contributed by atoms with E-state index in [2.05, 4.69) is 20.8 Å². The highest BCUT2D eigenvalue weighted by Crippen LogP contribution is 2.19. The van der Waals surface area contributed by atoms with Crippen molar-refractivity contribution in [2.45, 2.75) is 6.92 Å². The van der Waals surface area contributed by atoms with E-state index in [0.29, 0.717) is 11.3 Å². The molecule has 98 valence electrons. The van der Waals surface area contributed by atoms with Gasteiger partial charge in [0.05, 0.1) is 23.1 Å². The molecule has 2 aromatic rings. The summed E-state index contributed by atoms with van der Waals surface area (Å²) in [6, 6.07) is 4.35. The highest BCUT2D eigenvalue weighted by atomic mass is 16.4. The number of amides is 2. The zero-order chi connectivity index (χ0) is 13.8. The third-order valence-electron chi connectivity index (χ3n) is 2.49. The second-order valence-electron chi connectivity index (χ2n) is 3.87. The standard InChI is InChI=1S/C12H12N4O3/c1-7-3-2-4-9(10(7)11(17)18)16-12(19)15-8-5-13-14-6-8/h2-6H,1H3,(H,13,14)(H,17,18)(H2,15,16,19).